The number of hydrogen-bond acceptors (Lipinski definition) is 2. The predicted molar refractivity (Wildman–Crippen MR) is 66.3 cm³/mol. The molecule has 0 spiro atoms. The Morgan fingerprint density at radius 1 is 1.32 bits per heavy atom. The van der Waals surface area contributed by atoms with Crippen LogP contribution >= 0.6 is 0 Å². The maximum absolute atomic E-state index is 12.2. The summed E-state index contributed by atoms with van der Waals surface area (Å²) in [5.41, 5.74) is 6.01. The number of carbonyl (C=O) groups is 1. The van der Waals surface area contributed by atoms with Gasteiger partial charge in [0.2, 0.25) is 5.91 Å². The van der Waals surface area contributed by atoms with Gasteiger partial charge in [-0.2, -0.15) is 13.2 Å². The van der Waals surface area contributed by atoms with Gasteiger partial charge in [0.05, 0.1) is 6.04 Å². The van der Waals surface area contributed by atoms with Crippen LogP contribution in [0, 0.1) is 0 Å². The summed E-state index contributed by atoms with van der Waals surface area (Å²) in [6, 6.07) is 7.92. The van der Waals surface area contributed by atoms with Gasteiger partial charge in [0.25, 0.3) is 0 Å². The van der Waals surface area contributed by atoms with E-state index in [1.165, 1.54) is 0 Å². The second-order valence-corrected chi connectivity index (χ2v) is 4.41. The second-order valence-electron chi connectivity index (χ2n) is 4.41. The number of hydrogen-bond donors (Lipinski definition) is 2. The van der Waals surface area contributed by atoms with E-state index in [0.717, 1.165) is 5.56 Å². The third kappa shape index (κ3) is 5.74. The lowest BCUT2D eigenvalue weighted by atomic mass is 10.1. The van der Waals surface area contributed by atoms with Gasteiger partial charge < -0.3 is 5.73 Å². The first kappa shape index (κ1) is 15.5. The Labute approximate surface area is 110 Å². The molecular weight excluding hydrogens is 257 g/mol. The van der Waals surface area contributed by atoms with E-state index in [2.05, 4.69) is 5.32 Å². The van der Waals surface area contributed by atoms with Gasteiger partial charge in [-0.1, -0.05) is 30.3 Å². The summed E-state index contributed by atoms with van der Waals surface area (Å²) >= 11 is 0. The van der Waals surface area contributed by atoms with Gasteiger partial charge in [0, 0.05) is 12.5 Å². The van der Waals surface area contributed by atoms with Crippen LogP contribution < -0.4 is 11.1 Å². The van der Waals surface area contributed by atoms with E-state index in [4.69, 9.17) is 5.73 Å². The second kappa shape index (κ2) is 6.56. The Hall–Kier alpha value is -1.56. The molecule has 0 radical (unpaired) electrons. The van der Waals surface area contributed by atoms with Gasteiger partial charge in [0.15, 0.2) is 0 Å². The number of nitrogens with two attached hydrogens (primary N) is 1. The van der Waals surface area contributed by atoms with E-state index >= 15 is 0 Å². The molecular formula is C13H17F3N2O. The molecule has 0 fully saturated rings. The highest BCUT2D eigenvalue weighted by Crippen LogP contribution is 2.23. The first-order chi connectivity index (χ1) is 8.79. The predicted octanol–water partition coefficient (Wildman–Crippen LogP) is 2.53. The lowest BCUT2D eigenvalue weighted by molar-refractivity contribution is -0.138. The fourth-order valence-electron chi connectivity index (χ4n) is 1.76. The van der Waals surface area contributed by atoms with Crippen LogP contribution in [0.25, 0.3) is 0 Å². The van der Waals surface area contributed by atoms with Gasteiger partial charge in [0.1, 0.15) is 0 Å². The van der Waals surface area contributed by atoms with E-state index in [-0.39, 0.29) is 12.5 Å². The number of carbonyl (C=O) groups excluding carboxylic acids is 1. The van der Waals surface area contributed by atoms with E-state index in [9.17, 15) is 18.0 Å². The van der Waals surface area contributed by atoms with Crippen LogP contribution in [-0.2, 0) is 4.79 Å². The van der Waals surface area contributed by atoms with Crippen LogP contribution in [0.1, 0.15) is 31.4 Å². The fourth-order valence-corrected chi connectivity index (χ4v) is 1.76. The molecule has 0 aromatic heterocycles. The quantitative estimate of drug-likeness (QED) is 0.837. The molecule has 0 saturated carbocycles. The first-order valence-corrected chi connectivity index (χ1v) is 5.96. The topological polar surface area (TPSA) is 55.1 Å². The number of rotatable bonds is 6. The van der Waals surface area contributed by atoms with Gasteiger partial charge in [-0.3, -0.25) is 10.1 Å². The molecule has 0 aliphatic rings. The summed E-state index contributed by atoms with van der Waals surface area (Å²) < 4.78 is 36.5. The molecule has 0 heterocycles. The lowest BCUT2D eigenvalue weighted by Gasteiger charge is -2.21. The maximum atomic E-state index is 12.2. The minimum Gasteiger partial charge on any atom is -0.368 e. The monoisotopic (exact) mass is 274 g/mol. The number of primary amides is 1. The molecule has 1 amide bonds. The summed E-state index contributed by atoms with van der Waals surface area (Å²) in [6.45, 7) is 1.78. The van der Waals surface area contributed by atoms with E-state index < -0.39 is 24.5 Å². The third-order valence-electron chi connectivity index (χ3n) is 2.81. The van der Waals surface area contributed by atoms with Crippen molar-refractivity contribution in [1.29, 1.82) is 0 Å². The van der Waals surface area contributed by atoms with Crippen molar-refractivity contribution in [3.63, 3.8) is 0 Å². The molecule has 1 aromatic rings. The number of alkyl halides is 3. The molecule has 0 aliphatic heterocycles. The molecule has 2 atom stereocenters. The summed E-state index contributed by atoms with van der Waals surface area (Å²) in [7, 11) is 0. The van der Waals surface area contributed by atoms with Crippen LogP contribution in [0.2, 0.25) is 0 Å². The van der Waals surface area contributed by atoms with E-state index in [1.54, 1.807) is 6.92 Å². The molecule has 19 heavy (non-hydrogen) atoms. The first-order valence-electron chi connectivity index (χ1n) is 5.96. The summed E-state index contributed by atoms with van der Waals surface area (Å²) in [6.07, 6.45) is -5.67. The Morgan fingerprint density at radius 3 is 2.37 bits per heavy atom. The fraction of sp³-hybridized carbons (Fsp3) is 0.462. The molecule has 2 unspecified atom stereocenters. The summed E-state index contributed by atoms with van der Waals surface area (Å²) in [5, 5.41) is 2.83. The Bertz CT molecular complexity index is 406. The third-order valence-corrected chi connectivity index (χ3v) is 2.81. The highest BCUT2D eigenvalue weighted by Gasteiger charge is 2.30. The molecule has 3 N–H and O–H groups in total. The average molecular weight is 274 g/mol. The van der Waals surface area contributed by atoms with Gasteiger partial charge in [-0.05, 0) is 18.9 Å². The number of benzene rings is 1. The molecule has 1 rings (SSSR count). The van der Waals surface area contributed by atoms with Gasteiger partial charge in [-0.15, -0.1) is 0 Å². The minimum atomic E-state index is -4.29. The maximum Gasteiger partial charge on any atom is 0.389 e. The number of amides is 1. The smallest absolute Gasteiger partial charge is 0.368 e. The van der Waals surface area contributed by atoms with Crippen molar-refractivity contribution >= 4 is 5.91 Å². The molecule has 0 bridgehead atoms. The van der Waals surface area contributed by atoms with Crippen LogP contribution in [-0.4, -0.2) is 18.1 Å². The number of nitrogens with one attached hydrogen (secondary N) is 1. The van der Waals surface area contributed by atoms with E-state index in [0.29, 0.717) is 0 Å². The Morgan fingerprint density at radius 2 is 1.89 bits per heavy atom. The normalized spacial score (nSPS) is 14.9. The molecule has 3 nitrogen and oxygen atoms in total. The van der Waals surface area contributed by atoms with Crippen LogP contribution in [0.4, 0.5) is 13.2 Å². The standard InChI is InChI=1S/C13H17F3N2O/c1-9(10-5-3-2-4-6-10)18-11(12(17)19)7-8-13(14,15)16/h2-6,9,11,18H,7-8H2,1H3,(H2,17,19). The lowest BCUT2D eigenvalue weighted by Crippen LogP contribution is -2.43. The van der Waals surface area contributed by atoms with Gasteiger partial charge >= 0.3 is 6.18 Å². The Kier molecular flexibility index (Phi) is 5.35. The van der Waals surface area contributed by atoms with Crippen LogP contribution in [0.3, 0.4) is 0 Å². The molecule has 0 aliphatic carbocycles. The van der Waals surface area contributed by atoms with Crippen molar-refractivity contribution in [2.45, 2.75) is 38.0 Å². The summed E-state index contributed by atoms with van der Waals surface area (Å²) in [5.74, 6) is -0.771. The van der Waals surface area contributed by atoms with Crippen molar-refractivity contribution in [2.75, 3.05) is 0 Å². The van der Waals surface area contributed by atoms with E-state index in [1.807, 2.05) is 30.3 Å². The highest BCUT2D eigenvalue weighted by atomic mass is 19.4. The largest absolute Gasteiger partial charge is 0.389 e. The Balaban J connectivity index is 2.61. The van der Waals surface area contributed by atoms with Crippen LogP contribution in [0.15, 0.2) is 30.3 Å². The number of halogens is 3. The molecule has 106 valence electrons. The average Bonchev–Trinajstić information content (AvgIpc) is 2.33. The zero-order valence-corrected chi connectivity index (χ0v) is 10.6. The molecule has 1 aromatic carbocycles. The van der Waals surface area contributed by atoms with Crippen molar-refractivity contribution in [3.05, 3.63) is 35.9 Å². The summed E-state index contributed by atoms with van der Waals surface area (Å²) in [4.78, 5) is 11.2. The molecule has 0 saturated heterocycles. The van der Waals surface area contributed by atoms with Crippen molar-refractivity contribution in [3.8, 4) is 0 Å². The zero-order chi connectivity index (χ0) is 14.5. The van der Waals surface area contributed by atoms with Crippen molar-refractivity contribution < 1.29 is 18.0 Å². The zero-order valence-electron chi connectivity index (χ0n) is 10.6. The SMILES string of the molecule is CC(NC(CCC(F)(F)F)C(N)=O)c1ccccc1. The van der Waals surface area contributed by atoms with Crippen molar-refractivity contribution in [2.24, 2.45) is 5.73 Å². The van der Waals surface area contributed by atoms with Gasteiger partial charge in [-0.25, -0.2) is 0 Å². The van der Waals surface area contributed by atoms with Crippen LogP contribution in [0.5, 0.6) is 0 Å². The van der Waals surface area contributed by atoms with Crippen molar-refractivity contribution in [1.82, 2.24) is 5.32 Å². The molecule has 6 heteroatoms. The highest BCUT2D eigenvalue weighted by molar-refractivity contribution is 5.79. The minimum absolute atomic E-state index is 0.244.